The van der Waals surface area contributed by atoms with E-state index < -0.39 is 28.5 Å². The molecule has 0 unspecified atom stereocenters. The zero-order chi connectivity index (χ0) is 20.6. The Kier molecular flexibility index (Phi) is 7.80. The molecule has 0 saturated carbocycles. The number of sulfonamides is 1. The second kappa shape index (κ2) is 10.1. The van der Waals surface area contributed by atoms with Gasteiger partial charge in [0.2, 0.25) is 10.0 Å². The molecule has 2 aromatic carbocycles. The van der Waals surface area contributed by atoms with Gasteiger partial charge in [0.25, 0.3) is 5.91 Å². The Morgan fingerprint density at radius 2 is 1.79 bits per heavy atom. The first kappa shape index (κ1) is 21.7. The molecule has 0 radical (unpaired) electrons. The van der Waals surface area contributed by atoms with Crippen molar-refractivity contribution in [3.05, 3.63) is 59.1 Å². The minimum absolute atomic E-state index is 0.0205. The number of hydrogen-bond acceptors (Lipinski definition) is 6. The maximum atomic E-state index is 11.7. The van der Waals surface area contributed by atoms with Crippen molar-refractivity contribution in [3.8, 4) is 5.75 Å². The Morgan fingerprint density at radius 1 is 1.07 bits per heavy atom. The first-order valence-corrected chi connectivity index (χ1v) is 10.1. The van der Waals surface area contributed by atoms with E-state index in [0.717, 1.165) is 5.56 Å². The van der Waals surface area contributed by atoms with E-state index in [9.17, 15) is 18.0 Å². The van der Waals surface area contributed by atoms with Crippen LogP contribution in [-0.4, -0.2) is 40.1 Å². The second-order valence-corrected chi connectivity index (χ2v) is 7.69. The lowest BCUT2D eigenvalue weighted by molar-refractivity contribution is -0.150. The van der Waals surface area contributed by atoms with Crippen molar-refractivity contribution in [2.24, 2.45) is 5.14 Å². The van der Waals surface area contributed by atoms with Crippen molar-refractivity contribution in [2.75, 3.05) is 19.8 Å². The van der Waals surface area contributed by atoms with Crippen molar-refractivity contribution in [2.45, 2.75) is 11.3 Å². The highest BCUT2D eigenvalue weighted by Gasteiger charge is 2.09. The van der Waals surface area contributed by atoms with Crippen LogP contribution in [0.5, 0.6) is 5.75 Å². The Hall–Kier alpha value is -2.62. The predicted molar refractivity (Wildman–Crippen MR) is 102 cm³/mol. The van der Waals surface area contributed by atoms with Gasteiger partial charge in [-0.05, 0) is 42.3 Å². The largest absolute Gasteiger partial charge is 0.482 e. The molecule has 150 valence electrons. The summed E-state index contributed by atoms with van der Waals surface area (Å²) in [6, 6.07) is 12.6. The molecule has 8 nitrogen and oxygen atoms in total. The van der Waals surface area contributed by atoms with Crippen LogP contribution in [0.4, 0.5) is 0 Å². The summed E-state index contributed by atoms with van der Waals surface area (Å²) < 4.78 is 32.4. The van der Waals surface area contributed by atoms with Gasteiger partial charge >= 0.3 is 5.97 Å². The van der Waals surface area contributed by atoms with Gasteiger partial charge in [-0.2, -0.15) is 0 Å². The highest BCUT2D eigenvalue weighted by atomic mass is 35.5. The number of nitrogens with two attached hydrogens (primary N) is 1. The van der Waals surface area contributed by atoms with Crippen molar-refractivity contribution >= 4 is 33.5 Å². The topological polar surface area (TPSA) is 125 Å². The van der Waals surface area contributed by atoms with E-state index in [1.807, 2.05) is 0 Å². The Labute approximate surface area is 167 Å². The standard InChI is InChI=1S/C18H19ClN2O6S/c19-14-2-1-3-15(10-14)26-12-18(23)27-11-17(22)21-9-8-13-4-6-16(7-5-13)28(20,24)25/h1-7,10H,8-9,11-12H2,(H,21,22)(H2,20,24,25). The van der Waals surface area contributed by atoms with E-state index in [0.29, 0.717) is 23.7 Å². The zero-order valence-electron chi connectivity index (χ0n) is 14.8. The number of nitrogens with one attached hydrogen (secondary N) is 1. The normalized spacial score (nSPS) is 10.9. The Balaban J connectivity index is 1.65. The molecule has 2 aromatic rings. The summed E-state index contributed by atoms with van der Waals surface area (Å²) >= 11 is 5.80. The Morgan fingerprint density at radius 3 is 2.43 bits per heavy atom. The monoisotopic (exact) mass is 426 g/mol. The molecule has 0 heterocycles. The number of rotatable bonds is 9. The molecule has 0 bridgehead atoms. The molecule has 28 heavy (non-hydrogen) atoms. The number of ether oxygens (including phenoxy) is 2. The highest BCUT2D eigenvalue weighted by molar-refractivity contribution is 7.89. The van der Waals surface area contributed by atoms with Crippen molar-refractivity contribution in [1.82, 2.24) is 5.32 Å². The summed E-state index contributed by atoms with van der Waals surface area (Å²) in [5.74, 6) is -0.728. The quantitative estimate of drug-likeness (QED) is 0.582. The van der Waals surface area contributed by atoms with Gasteiger partial charge in [-0.3, -0.25) is 4.79 Å². The van der Waals surface area contributed by atoms with Gasteiger partial charge in [0, 0.05) is 11.6 Å². The number of halogens is 1. The van der Waals surface area contributed by atoms with E-state index in [1.165, 1.54) is 12.1 Å². The first-order valence-electron chi connectivity index (χ1n) is 8.16. The Bertz CT molecular complexity index is 931. The second-order valence-electron chi connectivity index (χ2n) is 5.70. The van der Waals surface area contributed by atoms with Gasteiger partial charge in [-0.15, -0.1) is 0 Å². The van der Waals surface area contributed by atoms with Crippen molar-refractivity contribution in [1.29, 1.82) is 0 Å². The van der Waals surface area contributed by atoms with Crippen molar-refractivity contribution in [3.63, 3.8) is 0 Å². The van der Waals surface area contributed by atoms with Crippen LogP contribution < -0.4 is 15.2 Å². The lowest BCUT2D eigenvalue weighted by Crippen LogP contribution is -2.31. The molecule has 0 spiro atoms. The van der Waals surface area contributed by atoms with Crippen LogP contribution in [0, 0.1) is 0 Å². The maximum absolute atomic E-state index is 11.7. The van der Waals surface area contributed by atoms with Gasteiger partial charge in [0.05, 0.1) is 4.90 Å². The van der Waals surface area contributed by atoms with Crippen molar-refractivity contribution < 1.29 is 27.5 Å². The third-order valence-electron chi connectivity index (χ3n) is 3.50. The zero-order valence-corrected chi connectivity index (χ0v) is 16.3. The molecule has 1 amide bonds. The van der Waals surface area contributed by atoms with Gasteiger partial charge in [0.15, 0.2) is 13.2 Å². The number of amides is 1. The van der Waals surface area contributed by atoms with E-state index in [4.69, 9.17) is 26.2 Å². The molecule has 0 fully saturated rings. The molecule has 0 aromatic heterocycles. The lowest BCUT2D eigenvalue weighted by atomic mass is 10.1. The minimum Gasteiger partial charge on any atom is -0.482 e. The first-order chi connectivity index (χ1) is 13.2. The lowest BCUT2D eigenvalue weighted by Gasteiger charge is -2.08. The van der Waals surface area contributed by atoms with E-state index in [-0.39, 0.29) is 11.5 Å². The smallest absolute Gasteiger partial charge is 0.344 e. The number of primary sulfonamides is 1. The maximum Gasteiger partial charge on any atom is 0.344 e. The SMILES string of the molecule is NS(=O)(=O)c1ccc(CCNC(=O)COC(=O)COc2cccc(Cl)c2)cc1. The summed E-state index contributed by atoms with van der Waals surface area (Å²) in [5, 5.41) is 8.10. The minimum atomic E-state index is -3.73. The van der Waals surface area contributed by atoms with Crippen LogP contribution >= 0.6 is 11.6 Å². The molecular formula is C18H19ClN2O6S. The van der Waals surface area contributed by atoms with Gasteiger partial charge < -0.3 is 14.8 Å². The fourth-order valence-corrected chi connectivity index (χ4v) is 2.83. The molecule has 0 aliphatic carbocycles. The number of hydrogen-bond donors (Lipinski definition) is 2. The van der Waals surface area contributed by atoms with E-state index in [2.05, 4.69) is 5.32 Å². The average molecular weight is 427 g/mol. The summed E-state index contributed by atoms with van der Waals surface area (Å²) in [5.41, 5.74) is 0.819. The highest BCUT2D eigenvalue weighted by Crippen LogP contribution is 2.16. The van der Waals surface area contributed by atoms with Crippen LogP contribution in [0.1, 0.15) is 5.56 Å². The summed E-state index contributed by atoms with van der Waals surface area (Å²) in [6.45, 7) is -0.476. The van der Waals surface area contributed by atoms with Crippen LogP contribution in [-0.2, 0) is 30.8 Å². The molecule has 0 aliphatic heterocycles. The fourth-order valence-electron chi connectivity index (χ4n) is 2.13. The molecule has 0 atom stereocenters. The number of esters is 1. The van der Waals surface area contributed by atoms with Crippen LogP contribution in [0.2, 0.25) is 5.02 Å². The van der Waals surface area contributed by atoms with E-state index >= 15 is 0 Å². The van der Waals surface area contributed by atoms with Gasteiger partial charge in [-0.25, -0.2) is 18.4 Å². The summed E-state index contributed by atoms with van der Waals surface area (Å²) in [6.07, 6.45) is 0.475. The van der Waals surface area contributed by atoms with Crippen LogP contribution in [0.25, 0.3) is 0 Å². The third-order valence-corrected chi connectivity index (χ3v) is 4.67. The fraction of sp³-hybridized carbons (Fsp3) is 0.222. The van der Waals surface area contributed by atoms with Gasteiger partial charge in [-0.1, -0.05) is 29.8 Å². The molecule has 3 N–H and O–H groups in total. The predicted octanol–water partition coefficient (Wildman–Crippen LogP) is 1.27. The third kappa shape index (κ3) is 7.55. The average Bonchev–Trinajstić information content (AvgIpc) is 2.64. The molecule has 2 rings (SSSR count). The number of carbonyl (C=O) groups is 2. The molecular weight excluding hydrogens is 408 g/mol. The molecule has 0 aliphatic rings. The molecule has 0 saturated heterocycles. The summed E-state index contributed by atoms with van der Waals surface area (Å²) in [4.78, 5) is 23.3. The number of carbonyl (C=O) groups excluding carboxylic acids is 2. The van der Waals surface area contributed by atoms with Crippen LogP contribution in [0.3, 0.4) is 0 Å². The molecule has 10 heteroatoms. The van der Waals surface area contributed by atoms with E-state index in [1.54, 1.807) is 36.4 Å². The van der Waals surface area contributed by atoms with Crippen LogP contribution in [0.15, 0.2) is 53.4 Å². The number of benzene rings is 2. The van der Waals surface area contributed by atoms with Gasteiger partial charge in [0.1, 0.15) is 5.75 Å². The summed E-state index contributed by atoms with van der Waals surface area (Å²) in [7, 11) is -3.73.